The third-order valence-corrected chi connectivity index (χ3v) is 3.58. The van der Waals surface area contributed by atoms with Gasteiger partial charge in [0, 0.05) is 10.7 Å². The number of aromatic nitrogens is 2. The number of anilines is 1. The van der Waals surface area contributed by atoms with Crippen LogP contribution in [0, 0.1) is 6.92 Å². The number of nitrogens with zero attached hydrogens (tertiary/aromatic N) is 2. The van der Waals surface area contributed by atoms with E-state index >= 15 is 0 Å². The van der Waals surface area contributed by atoms with E-state index in [0.29, 0.717) is 16.5 Å². The highest BCUT2D eigenvalue weighted by Crippen LogP contribution is 2.22. The molecule has 0 aliphatic heterocycles. The SMILES string of the molecule is Cc1c(Cl)cccc1NC(=O)Cn1nc(-c2ccco2)oc1=O. The average Bonchev–Trinajstić information content (AvgIpc) is 3.14. The molecule has 0 spiro atoms. The van der Waals surface area contributed by atoms with Crippen LogP contribution < -0.4 is 11.1 Å². The standard InChI is InChI=1S/C15H12ClN3O4/c1-9-10(16)4-2-5-11(9)17-13(20)8-19-15(21)23-14(18-19)12-6-3-7-22-12/h2-7H,8H2,1H3,(H,17,20). The molecule has 0 aliphatic rings. The van der Waals surface area contributed by atoms with Gasteiger partial charge in [-0.15, -0.1) is 5.10 Å². The summed E-state index contributed by atoms with van der Waals surface area (Å²) in [5, 5.41) is 7.16. The minimum atomic E-state index is -0.741. The molecule has 0 atom stereocenters. The summed E-state index contributed by atoms with van der Waals surface area (Å²) in [5.41, 5.74) is 1.32. The molecule has 3 aromatic rings. The fraction of sp³-hybridized carbons (Fsp3) is 0.133. The zero-order chi connectivity index (χ0) is 16.4. The molecule has 2 aromatic heterocycles. The van der Waals surface area contributed by atoms with Crippen molar-refractivity contribution < 1.29 is 13.6 Å². The van der Waals surface area contributed by atoms with Gasteiger partial charge in [-0.25, -0.2) is 4.79 Å². The first kappa shape index (κ1) is 15.1. The fourth-order valence-electron chi connectivity index (χ4n) is 1.97. The molecular weight excluding hydrogens is 322 g/mol. The summed E-state index contributed by atoms with van der Waals surface area (Å²) in [5.74, 6) is -0.829. The van der Waals surface area contributed by atoms with E-state index in [1.165, 1.54) is 6.26 Å². The predicted molar refractivity (Wildman–Crippen MR) is 83.3 cm³/mol. The topological polar surface area (TPSA) is 90.3 Å². The summed E-state index contributed by atoms with van der Waals surface area (Å²) in [6.45, 7) is 1.50. The zero-order valence-corrected chi connectivity index (χ0v) is 12.8. The van der Waals surface area contributed by atoms with Crippen LogP contribution in [0.5, 0.6) is 0 Å². The van der Waals surface area contributed by atoms with Crippen LogP contribution >= 0.6 is 11.6 Å². The number of furan rings is 1. The molecule has 2 heterocycles. The number of halogens is 1. The molecule has 0 fully saturated rings. The highest BCUT2D eigenvalue weighted by atomic mass is 35.5. The van der Waals surface area contributed by atoms with Crippen LogP contribution in [0.25, 0.3) is 11.7 Å². The second-order valence-electron chi connectivity index (χ2n) is 4.77. The summed E-state index contributed by atoms with van der Waals surface area (Å²) >= 11 is 6.00. The van der Waals surface area contributed by atoms with Crippen molar-refractivity contribution in [1.82, 2.24) is 9.78 Å². The lowest BCUT2D eigenvalue weighted by Gasteiger charge is -2.08. The van der Waals surface area contributed by atoms with Gasteiger partial charge in [0.1, 0.15) is 6.54 Å². The van der Waals surface area contributed by atoms with E-state index in [-0.39, 0.29) is 12.4 Å². The van der Waals surface area contributed by atoms with Gasteiger partial charge in [0.2, 0.25) is 5.91 Å². The number of rotatable bonds is 4. The first-order chi connectivity index (χ1) is 11.0. The van der Waals surface area contributed by atoms with Crippen molar-refractivity contribution in [2.75, 3.05) is 5.32 Å². The van der Waals surface area contributed by atoms with Gasteiger partial charge >= 0.3 is 5.76 Å². The summed E-state index contributed by atoms with van der Waals surface area (Å²) < 4.78 is 11.0. The first-order valence-corrected chi connectivity index (χ1v) is 7.09. The molecule has 118 valence electrons. The second kappa shape index (κ2) is 6.13. The van der Waals surface area contributed by atoms with E-state index in [1.54, 1.807) is 37.3 Å². The van der Waals surface area contributed by atoms with Gasteiger partial charge < -0.3 is 14.2 Å². The van der Waals surface area contributed by atoms with Crippen molar-refractivity contribution in [3.63, 3.8) is 0 Å². The Balaban J connectivity index is 1.76. The first-order valence-electron chi connectivity index (χ1n) is 6.71. The lowest BCUT2D eigenvalue weighted by Crippen LogP contribution is -2.26. The molecule has 1 amide bonds. The van der Waals surface area contributed by atoms with Crippen LogP contribution in [-0.2, 0) is 11.3 Å². The molecule has 3 rings (SSSR count). The van der Waals surface area contributed by atoms with Gasteiger partial charge in [-0.3, -0.25) is 4.79 Å². The maximum Gasteiger partial charge on any atom is 0.437 e. The highest BCUT2D eigenvalue weighted by molar-refractivity contribution is 6.31. The van der Waals surface area contributed by atoms with Gasteiger partial charge in [0.05, 0.1) is 6.26 Å². The normalized spacial score (nSPS) is 10.7. The van der Waals surface area contributed by atoms with Crippen LogP contribution in [0.2, 0.25) is 5.02 Å². The summed E-state index contributed by atoms with van der Waals surface area (Å²) in [6.07, 6.45) is 1.43. The third kappa shape index (κ3) is 3.19. The van der Waals surface area contributed by atoms with Crippen molar-refractivity contribution in [2.45, 2.75) is 13.5 Å². The summed E-state index contributed by atoms with van der Waals surface area (Å²) in [7, 11) is 0. The number of benzene rings is 1. The van der Waals surface area contributed by atoms with Crippen LogP contribution in [0.1, 0.15) is 5.56 Å². The van der Waals surface area contributed by atoms with E-state index in [9.17, 15) is 9.59 Å². The summed E-state index contributed by atoms with van der Waals surface area (Å²) in [6, 6.07) is 8.42. The number of carbonyl (C=O) groups is 1. The van der Waals surface area contributed by atoms with Gasteiger partial charge in [0.15, 0.2) is 5.76 Å². The predicted octanol–water partition coefficient (Wildman–Crippen LogP) is 2.70. The molecule has 8 heteroatoms. The number of hydrogen-bond donors (Lipinski definition) is 1. The fourth-order valence-corrected chi connectivity index (χ4v) is 2.15. The maximum atomic E-state index is 12.1. The van der Waals surface area contributed by atoms with Gasteiger partial charge in [-0.1, -0.05) is 17.7 Å². The smallest absolute Gasteiger partial charge is 0.437 e. The average molecular weight is 334 g/mol. The Morgan fingerprint density at radius 3 is 2.91 bits per heavy atom. The minimum absolute atomic E-state index is 0.0201. The number of amides is 1. The molecule has 0 saturated carbocycles. The largest absolute Gasteiger partial charge is 0.459 e. The molecule has 0 saturated heterocycles. The summed E-state index contributed by atoms with van der Waals surface area (Å²) in [4.78, 5) is 23.8. The molecule has 0 aliphatic carbocycles. The second-order valence-corrected chi connectivity index (χ2v) is 5.18. The van der Waals surface area contributed by atoms with Gasteiger partial charge in [-0.05, 0) is 36.8 Å². The van der Waals surface area contributed by atoms with Crippen molar-refractivity contribution in [2.24, 2.45) is 0 Å². The monoisotopic (exact) mass is 333 g/mol. The lowest BCUT2D eigenvalue weighted by molar-refractivity contribution is -0.117. The zero-order valence-electron chi connectivity index (χ0n) is 12.1. The van der Waals surface area contributed by atoms with E-state index in [0.717, 1.165) is 10.2 Å². The van der Waals surface area contributed by atoms with Gasteiger partial charge in [-0.2, -0.15) is 4.68 Å². The van der Waals surface area contributed by atoms with Crippen LogP contribution in [-0.4, -0.2) is 15.7 Å². The molecule has 0 radical (unpaired) electrons. The molecule has 1 N–H and O–H groups in total. The number of hydrogen-bond acceptors (Lipinski definition) is 5. The van der Waals surface area contributed by atoms with Crippen molar-refractivity contribution in [3.8, 4) is 11.7 Å². The van der Waals surface area contributed by atoms with Crippen molar-refractivity contribution >= 4 is 23.2 Å². The quantitative estimate of drug-likeness (QED) is 0.792. The third-order valence-electron chi connectivity index (χ3n) is 3.17. The molecule has 0 bridgehead atoms. The van der Waals surface area contributed by atoms with Gasteiger partial charge in [0.25, 0.3) is 5.89 Å². The van der Waals surface area contributed by atoms with E-state index < -0.39 is 11.7 Å². The van der Waals surface area contributed by atoms with Crippen molar-refractivity contribution in [3.05, 3.63) is 57.7 Å². The lowest BCUT2D eigenvalue weighted by atomic mass is 10.2. The molecular formula is C15H12ClN3O4. The molecule has 23 heavy (non-hydrogen) atoms. The Kier molecular flexibility index (Phi) is 4.03. The van der Waals surface area contributed by atoms with Crippen molar-refractivity contribution in [1.29, 1.82) is 0 Å². The van der Waals surface area contributed by atoms with E-state index in [1.807, 2.05) is 0 Å². The highest BCUT2D eigenvalue weighted by Gasteiger charge is 2.15. The molecule has 0 unspecified atom stereocenters. The Bertz CT molecular complexity index is 896. The number of carbonyl (C=O) groups excluding carboxylic acids is 1. The Morgan fingerprint density at radius 2 is 2.17 bits per heavy atom. The van der Waals surface area contributed by atoms with Crippen LogP contribution in [0.15, 0.2) is 50.2 Å². The Morgan fingerprint density at radius 1 is 1.35 bits per heavy atom. The molecule has 7 nitrogen and oxygen atoms in total. The number of nitrogens with one attached hydrogen (secondary N) is 1. The van der Waals surface area contributed by atoms with E-state index in [4.69, 9.17) is 20.4 Å². The Labute approximate surface area is 135 Å². The van der Waals surface area contributed by atoms with Crippen LogP contribution in [0.3, 0.4) is 0 Å². The molecule has 1 aromatic carbocycles. The Hall–Kier alpha value is -2.80. The van der Waals surface area contributed by atoms with Crippen LogP contribution in [0.4, 0.5) is 5.69 Å². The minimum Gasteiger partial charge on any atom is -0.459 e. The van der Waals surface area contributed by atoms with E-state index in [2.05, 4.69) is 10.4 Å². The maximum absolute atomic E-state index is 12.1.